The molecule has 0 radical (unpaired) electrons. The highest BCUT2D eigenvalue weighted by Crippen LogP contribution is 2.29. The molecule has 0 aliphatic heterocycles. The van der Waals surface area contributed by atoms with Gasteiger partial charge in [-0.1, -0.05) is 17.7 Å². The summed E-state index contributed by atoms with van der Waals surface area (Å²) >= 11 is 12.7. The van der Waals surface area contributed by atoms with Crippen LogP contribution in [0.5, 0.6) is 5.75 Å². The maximum atomic E-state index is 12.2. The predicted molar refractivity (Wildman–Crippen MR) is 96.8 cm³/mol. The van der Waals surface area contributed by atoms with Crippen LogP contribution in [0.3, 0.4) is 0 Å². The number of aryl methyl sites for hydroxylation is 1. The Morgan fingerprint density at radius 3 is 2.55 bits per heavy atom. The lowest BCUT2D eigenvalue weighted by Crippen LogP contribution is -2.30. The molecule has 2 aromatic rings. The number of rotatable bonds is 4. The van der Waals surface area contributed by atoms with Gasteiger partial charge in [-0.3, -0.25) is 4.79 Å². The molecule has 0 saturated heterocycles. The van der Waals surface area contributed by atoms with E-state index in [2.05, 4.69) is 37.2 Å². The van der Waals surface area contributed by atoms with Gasteiger partial charge < -0.3 is 10.1 Å². The molecule has 22 heavy (non-hydrogen) atoms. The van der Waals surface area contributed by atoms with Gasteiger partial charge >= 0.3 is 0 Å². The van der Waals surface area contributed by atoms with Gasteiger partial charge in [0.1, 0.15) is 5.75 Å². The molecule has 6 heteroatoms. The number of nitrogens with one attached hydrogen (secondary N) is 1. The van der Waals surface area contributed by atoms with Crippen molar-refractivity contribution in [2.24, 2.45) is 0 Å². The first-order chi connectivity index (χ1) is 10.4. The number of hydrogen-bond donors (Lipinski definition) is 1. The Kier molecular flexibility index (Phi) is 5.89. The van der Waals surface area contributed by atoms with Gasteiger partial charge in [-0.05, 0) is 81.6 Å². The number of carbonyl (C=O) groups is 1. The van der Waals surface area contributed by atoms with Crippen LogP contribution in [0.4, 0.5) is 5.69 Å². The van der Waals surface area contributed by atoms with Crippen LogP contribution in [0.2, 0.25) is 5.02 Å². The fourth-order valence-electron chi connectivity index (χ4n) is 1.77. The van der Waals surface area contributed by atoms with Crippen LogP contribution in [0.1, 0.15) is 12.5 Å². The normalized spacial score (nSPS) is 11.9. The van der Waals surface area contributed by atoms with Gasteiger partial charge in [0.2, 0.25) is 0 Å². The molecule has 2 aromatic carbocycles. The van der Waals surface area contributed by atoms with E-state index in [1.807, 2.05) is 25.1 Å². The van der Waals surface area contributed by atoms with E-state index < -0.39 is 6.10 Å². The molecule has 1 amide bonds. The van der Waals surface area contributed by atoms with E-state index in [1.165, 1.54) is 0 Å². The molecule has 0 heterocycles. The molecular weight excluding hydrogens is 433 g/mol. The summed E-state index contributed by atoms with van der Waals surface area (Å²) in [4.78, 5) is 12.2. The second kappa shape index (κ2) is 7.49. The van der Waals surface area contributed by atoms with Gasteiger partial charge in [0.05, 0.1) is 10.2 Å². The highest BCUT2D eigenvalue weighted by Gasteiger charge is 2.17. The number of amides is 1. The molecule has 116 valence electrons. The van der Waals surface area contributed by atoms with Crippen LogP contribution in [-0.2, 0) is 4.79 Å². The van der Waals surface area contributed by atoms with Crippen molar-refractivity contribution in [3.05, 3.63) is 55.9 Å². The third-order valence-corrected chi connectivity index (χ3v) is 4.46. The average molecular weight is 448 g/mol. The molecular formula is C16H14Br2ClNO2. The standard InChI is InChI=1S/C16H14Br2ClNO2/c1-9-3-5-14(12(17)7-9)20-16(21)10(2)22-15-6-4-11(19)8-13(15)18/h3-8,10H,1-2H3,(H,20,21). The molecule has 0 bridgehead atoms. The van der Waals surface area contributed by atoms with Gasteiger partial charge in [0.25, 0.3) is 5.91 Å². The van der Waals surface area contributed by atoms with Crippen LogP contribution < -0.4 is 10.1 Å². The summed E-state index contributed by atoms with van der Waals surface area (Å²) in [6.07, 6.45) is -0.648. The van der Waals surface area contributed by atoms with Crippen molar-refractivity contribution in [2.45, 2.75) is 20.0 Å². The third kappa shape index (κ3) is 4.48. The molecule has 0 spiro atoms. The smallest absolute Gasteiger partial charge is 0.265 e. The van der Waals surface area contributed by atoms with E-state index >= 15 is 0 Å². The van der Waals surface area contributed by atoms with E-state index in [9.17, 15) is 4.79 Å². The van der Waals surface area contributed by atoms with Crippen molar-refractivity contribution in [1.29, 1.82) is 0 Å². The highest BCUT2D eigenvalue weighted by molar-refractivity contribution is 9.11. The summed E-state index contributed by atoms with van der Waals surface area (Å²) in [6.45, 7) is 3.68. The molecule has 0 saturated carbocycles. The van der Waals surface area contributed by atoms with Gasteiger partial charge in [-0.2, -0.15) is 0 Å². The first-order valence-electron chi connectivity index (χ1n) is 6.55. The number of carbonyl (C=O) groups excluding carboxylic acids is 1. The summed E-state index contributed by atoms with van der Waals surface area (Å²) < 4.78 is 7.20. The molecule has 0 aliphatic carbocycles. The van der Waals surface area contributed by atoms with Crippen LogP contribution in [0.25, 0.3) is 0 Å². The Labute approximate surface area is 151 Å². The van der Waals surface area contributed by atoms with E-state index in [1.54, 1.807) is 25.1 Å². The molecule has 0 aromatic heterocycles. The zero-order valence-corrected chi connectivity index (χ0v) is 15.9. The fourth-order valence-corrected chi connectivity index (χ4v) is 3.14. The van der Waals surface area contributed by atoms with Crippen LogP contribution >= 0.6 is 43.5 Å². The Morgan fingerprint density at radius 1 is 1.18 bits per heavy atom. The minimum absolute atomic E-state index is 0.230. The van der Waals surface area contributed by atoms with E-state index in [0.29, 0.717) is 20.9 Å². The molecule has 0 aliphatic rings. The van der Waals surface area contributed by atoms with Gasteiger partial charge in [0, 0.05) is 9.50 Å². The molecule has 3 nitrogen and oxygen atoms in total. The minimum Gasteiger partial charge on any atom is -0.480 e. The van der Waals surface area contributed by atoms with Crippen molar-refractivity contribution in [1.82, 2.24) is 0 Å². The number of ether oxygens (including phenoxy) is 1. The summed E-state index contributed by atoms with van der Waals surface area (Å²) in [5.41, 5.74) is 1.82. The van der Waals surface area contributed by atoms with Crippen LogP contribution in [0, 0.1) is 6.92 Å². The van der Waals surface area contributed by atoms with Gasteiger partial charge in [-0.15, -0.1) is 0 Å². The molecule has 0 fully saturated rings. The second-order valence-corrected chi connectivity index (χ2v) is 6.95. The number of benzene rings is 2. The zero-order valence-electron chi connectivity index (χ0n) is 12.0. The van der Waals surface area contributed by atoms with Crippen molar-refractivity contribution < 1.29 is 9.53 Å². The van der Waals surface area contributed by atoms with E-state index in [4.69, 9.17) is 16.3 Å². The van der Waals surface area contributed by atoms with Crippen molar-refractivity contribution in [2.75, 3.05) is 5.32 Å². The lowest BCUT2D eigenvalue weighted by molar-refractivity contribution is -0.122. The fraction of sp³-hybridized carbons (Fsp3) is 0.188. The minimum atomic E-state index is -0.648. The topological polar surface area (TPSA) is 38.3 Å². The maximum absolute atomic E-state index is 12.2. The quantitative estimate of drug-likeness (QED) is 0.665. The zero-order chi connectivity index (χ0) is 16.3. The van der Waals surface area contributed by atoms with Crippen LogP contribution in [0.15, 0.2) is 45.3 Å². The maximum Gasteiger partial charge on any atom is 0.265 e. The largest absolute Gasteiger partial charge is 0.480 e. The third-order valence-electron chi connectivity index (χ3n) is 2.95. The predicted octanol–water partition coefficient (Wildman–Crippen LogP) is 5.58. The number of halogens is 3. The van der Waals surface area contributed by atoms with E-state index in [0.717, 1.165) is 10.0 Å². The lowest BCUT2D eigenvalue weighted by atomic mass is 10.2. The Balaban J connectivity index is 2.05. The van der Waals surface area contributed by atoms with Gasteiger partial charge in [0.15, 0.2) is 6.10 Å². The van der Waals surface area contributed by atoms with Gasteiger partial charge in [-0.25, -0.2) is 0 Å². The summed E-state index contributed by atoms with van der Waals surface area (Å²) in [7, 11) is 0. The van der Waals surface area contributed by atoms with Crippen LogP contribution in [-0.4, -0.2) is 12.0 Å². The first kappa shape index (κ1) is 17.3. The summed E-state index contributed by atoms with van der Waals surface area (Å²) in [6, 6.07) is 10.9. The lowest BCUT2D eigenvalue weighted by Gasteiger charge is -2.16. The van der Waals surface area contributed by atoms with E-state index in [-0.39, 0.29) is 5.91 Å². The Bertz CT molecular complexity index is 707. The number of hydrogen-bond acceptors (Lipinski definition) is 2. The van der Waals surface area contributed by atoms with Crippen molar-refractivity contribution in [3.63, 3.8) is 0 Å². The SMILES string of the molecule is Cc1ccc(NC(=O)C(C)Oc2ccc(Cl)cc2Br)c(Br)c1. The molecule has 1 unspecified atom stereocenters. The average Bonchev–Trinajstić information content (AvgIpc) is 2.44. The first-order valence-corrected chi connectivity index (χ1v) is 8.52. The monoisotopic (exact) mass is 445 g/mol. The molecule has 1 N–H and O–H groups in total. The molecule has 1 atom stereocenters. The Hall–Kier alpha value is -1.04. The van der Waals surface area contributed by atoms with Crippen molar-refractivity contribution in [3.8, 4) is 5.75 Å². The number of anilines is 1. The highest BCUT2D eigenvalue weighted by atomic mass is 79.9. The Morgan fingerprint density at radius 2 is 1.91 bits per heavy atom. The second-order valence-electron chi connectivity index (χ2n) is 4.81. The summed E-state index contributed by atoms with van der Waals surface area (Å²) in [5.74, 6) is 0.335. The molecule has 2 rings (SSSR count). The van der Waals surface area contributed by atoms with Crippen molar-refractivity contribution >= 4 is 55.1 Å². The summed E-state index contributed by atoms with van der Waals surface area (Å²) in [5, 5.41) is 3.43.